The van der Waals surface area contributed by atoms with Gasteiger partial charge in [-0.15, -0.1) is 0 Å². The van der Waals surface area contributed by atoms with E-state index in [0.29, 0.717) is 32.6 Å². The normalized spacial score (nSPS) is 10.4. The van der Waals surface area contributed by atoms with Gasteiger partial charge in [0, 0.05) is 26.0 Å². The number of aliphatic carboxylic acids is 1. The first-order valence-electron chi connectivity index (χ1n) is 9.28. The van der Waals surface area contributed by atoms with Gasteiger partial charge in [0.05, 0.1) is 13.0 Å². The molecule has 7 nitrogen and oxygen atoms in total. The number of nitrogens with one attached hydrogen (secondary N) is 1. The number of hydrogen-bond donors (Lipinski definition) is 2. The third-order valence-electron chi connectivity index (χ3n) is 3.58. The molecule has 0 aliphatic heterocycles. The second kappa shape index (κ2) is 17.2. The van der Waals surface area contributed by atoms with Crippen LogP contribution in [0, 0.1) is 0 Å². The second-order valence-electron chi connectivity index (χ2n) is 5.95. The van der Waals surface area contributed by atoms with Crippen molar-refractivity contribution >= 4 is 17.8 Å². The number of unbranched alkanes of at least 4 members (excludes halogenated alkanes) is 5. The number of rotatable bonds is 17. The van der Waals surface area contributed by atoms with Crippen LogP contribution < -0.4 is 5.32 Å². The summed E-state index contributed by atoms with van der Waals surface area (Å²) in [5, 5.41) is 11.1. The molecule has 0 aromatic heterocycles. The van der Waals surface area contributed by atoms with E-state index in [-0.39, 0.29) is 31.3 Å². The molecule has 0 saturated carbocycles. The minimum atomic E-state index is -0.982. The molecule has 0 aromatic rings. The maximum Gasteiger partial charge on any atom is 0.305 e. The number of ether oxygens (including phenoxy) is 2. The number of amides is 1. The predicted molar refractivity (Wildman–Crippen MR) is 94.3 cm³/mol. The summed E-state index contributed by atoms with van der Waals surface area (Å²) >= 11 is 0. The molecule has 0 bridgehead atoms. The fourth-order valence-electron chi connectivity index (χ4n) is 2.15. The van der Waals surface area contributed by atoms with Crippen LogP contribution >= 0.6 is 0 Å². The highest BCUT2D eigenvalue weighted by atomic mass is 16.6. The predicted octanol–water partition coefficient (Wildman–Crippen LogP) is 2.67. The Morgan fingerprint density at radius 1 is 0.840 bits per heavy atom. The maximum atomic E-state index is 11.5. The third-order valence-corrected chi connectivity index (χ3v) is 3.58. The Hall–Kier alpha value is -1.63. The molecule has 7 heteroatoms. The third kappa shape index (κ3) is 18.5. The summed E-state index contributed by atoms with van der Waals surface area (Å²) in [4.78, 5) is 33.0. The zero-order valence-electron chi connectivity index (χ0n) is 15.4. The van der Waals surface area contributed by atoms with E-state index in [1.165, 1.54) is 25.7 Å². The highest BCUT2D eigenvalue weighted by molar-refractivity contribution is 5.80. The summed E-state index contributed by atoms with van der Waals surface area (Å²) in [5.74, 6) is -1.43. The van der Waals surface area contributed by atoms with Gasteiger partial charge in [-0.2, -0.15) is 0 Å². The molecule has 0 heterocycles. The Balaban J connectivity index is 3.28. The van der Waals surface area contributed by atoms with Crippen LogP contribution in [-0.2, 0) is 23.9 Å². The average Bonchev–Trinajstić information content (AvgIpc) is 2.58. The van der Waals surface area contributed by atoms with Crippen molar-refractivity contribution < 1.29 is 29.0 Å². The van der Waals surface area contributed by atoms with Gasteiger partial charge in [0.15, 0.2) is 0 Å². The van der Waals surface area contributed by atoms with Gasteiger partial charge in [0.25, 0.3) is 0 Å². The molecule has 25 heavy (non-hydrogen) atoms. The zero-order valence-corrected chi connectivity index (χ0v) is 15.4. The molecular weight excluding hydrogens is 326 g/mol. The van der Waals surface area contributed by atoms with Crippen LogP contribution in [0.25, 0.3) is 0 Å². The van der Waals surface area contributed by atoms with Crippen molar-refractivity contribution in [2.24, 2.45) is 0 Å². The van der Waals surface area contributed by atoms with Crippen molar-refractivity contribution in [2.75, 3.05) is 26.4 Å². The van der Waals surface area contributed by atoms with Gasteiger partial charge < -0.3 is 19.9 Å². The van der Waals surface area contributed by atoms with Crippen LogP contribution in [0.15, 0.2) is 0 Å². The maximum absolute atomic E-state index is 11.5. The fourth-order valence-corrected chi connectivity index (χ4v) is 2.15. The Bertz CT molecular complexity index is 373. The lowest BCUT2D eigenvalue weighted by Crippen LogP contribution is -2.25. The van der Waals surface area contributed by atoms with E-state index in [0.717, 1.165) is 12.8 Å². The largest absolute Gasteiger partial charge is 0.481 e. The molecule has 0 atom stereocenters. The minimum Gasteiger partial charge on any atom is -0.481 e. The van der Waals surface area contributed by atoms with Gasteiger partial charge in [0.1, 0.15) is 6.61 Å². The summed E-state index contributed by atoms with van der Waals surface area (Å²) in [7, 11) is 0. The standard InChI is InChI=1S/C18H33NO6/c1-2-3-4-5-6-7-9-18(23)25-15-14-24-13-8-12-19-16(20)10-11-17(21)22/h2-15H2,1H3,(H,19,20)(H,21,22). The quantitative estimate of drug-likeness (QED) is 0.306. The molecule has 1 amide bonds. The molecule has 0 fully saturated rings. The van der Waals surface area contributed by atoms with E-state index in [2.05, 4.69) is 12.2 Å². The molecule has 0 aliphatic rings. The first kappa shape index (κ1) is 23.4. The van der Waals surface area contributed by atoms with Crippen LogP contribution in [0.1, 0.15) is 71.1 Å². The molecule has 0 unspecified atom stereocenters. The highest BCUT2D eigenvalue weighted by Crippen LogP contribution is 2.07. The van der Waals surface area contributed by atoms with Crippen molar-refractivity contribution in [2.45, 2.75) is 71.1 Å². The van der Waals surface area contributed by atoms with Gasteiger partial charge in [-0.25, -0.2) is 0 Å². The van der Waals surface area contributed by atoms with E-state index < -0.39 is 5.97 Å². The molecular formula is C18H33NO6. The number of carbonyl (C=O) groups excluding carboxylic acids is 2. The van der Waals surface area contributed by atoms with Crippen molar-refractivity contribution in [1.82, 2.24) is 5.32 Å². The van der Waals surface area contributed by atoms with E-state index >= 15 is 0 Å². The molecule has 0 rings (SSSR count). The van der Waals surface area contributed by atoms with Crippen LogP contribution in [0.2, 0.25) is 0 Å². The van der Waals surface area contributed by atoms with Crippen LogP contribution in [0.4, 0.5) is 0 Å². The molecule has 0 radical (unpaired) electrons. The van der Waals surface area contributed by atoms with E-state index in [1.807, 2.05) is 0 Å². The molecule has 2 N–H and O–H groups in total. The van der Waals surface area contributed by atoms with E-state index in [1.54, 1.807) is 0 Å². The van der Waals surface area contributed by atoms with Crippen molar-refractivity contribution in [3.8, 4) is 0 Å². The van der Waals surface area contributed by atoms with Crippen molar-refractivity contribution in [3.05, 3.63) is 0 Å². The average molecular weight is 359 g/mol. The summed E-state index contributed by atoms with van der Waals surface area (Å²) in [6, 6.07) is 0. The minimum absolute atomic E-state index is 0.00918. The fraction of sp³-hybridized carbons (Fsp3) is 0.833. The monoisotopic (exact) mass is 359 g/mol. The molecule has 0 aromatic carbocycles. The van der Waals surface area contributed by atoms with Crippen molar-refractivity contribution in [1.29, 1.82) is 0 Å². The zero-order chi connectivity index (χ0) is 18.8. The molecule has 0 spiro atoms. The van der Waals surface area contributed by atoms with E-state index in [9.17, 15) is 14.4 Å². The van der Waals surface area contributed by atoms with Gasteiger partial charge in [-0.3, -0.25) is 14.4 Å². The van der Waals surface area contributed by atoms with Gasteiger partial charge in [0.2, 0.25) is 5.91 Å². The number of carboxylic acids is 1. The Morgan fingerprint density at radius 3 is 2.28 bits per heavy atom. The second-order valence-corrected chi connectivity index (χ2v) is 5.95. The Labute approximate surface area is 150 Å². The first-order valence-corrected chi connectivity index (χ1v) is 9.28. The van der Waals surface area contributed by atoms with Gasteiger partial charge >= 0.3 is 11.9 Å². The summed E-state index contributed by atoms with van der Waals surface area (Å²) < 4.78 is 10.4. The van der Waals surface area contributed by atoms with Crippen molar-refractivity contribution in [3.63, 3.8) is 0 Å². The Morgan fingerprint density at radius 2 is 1.56 bits per heavy atom. The molecule has 0 saturated heterocycles. The number of carbonyl (C=O) groups is 3. The van der Waals surface area contributed by atoms with E-state index in [4.69, 9.17) is 14.6 Å². The van der Waals surface area contributed by atoms with Gasteiger partial charge in [-0.05, 0) is 12.8 Å². The number of hydrogen-bond acceptors (Lipinski definition) is 5. The topological polar surface area (TPSA) is 102 Å². The summed E-state index contributed by atoms with van der Waals surface area (Å²) in [6.45, 7) is 3.66. The molecule has 146 valence electrons. The number of carboxylic acid groups (broad SMARTS) is 1. The first-order chi connectivity index (χ1) is 12.1. The Kier molecular flexibility index (Phi) is 16.1. The summed E-state index contributed by atoms with van der Waals surface area (Å²) in [6.07, 6.45) is 7.77. The lowest BCUT2D eigenvalue weighted by atomic mass is 10.1. The van der Waals surface area contributed by atoms with Crippen LogP contribution in [0.5, 0.6) is 0 Å². The highest BCUT2D eigenvalue weighted by Gasteiger charge is 2.04. The van der Waals surface area contributed by atoms with Crippen LogP contribution in [0.3, 0.4) is 0 Å². The SMILES string of the molecule is CCCCCCCCC(=O)OCCOCCCNC(=O)CCC(=O)O. The van der Waals surface area contributed by atoms with Crippen LogP contribution in [-0.4, -0.2) is 49.3 Å². The smallest absolute Gasteiger partial charge is 0.305 e. The lowest BCUT2D eigenvalue weighted by molar-refractivity contribution is -0.145. The summed E-state index contributed by atoms with van der Waals surface area (Å²) in [5.41, 5.74) is 0. The number of esters is 1. The molecule has 0 aliphatic carbocycles. The van der Waals surface area contributed by atoms with Gasteiger partial charge in [-0.1, -0.05) is 39.0 Å². The lowest BCUT2D eigenvalue weighted by Gasteiger charge is -2.07.